The fourth-order valence-corrected chi connectivity index (χ4v) is 3.66. The van der Waals surface area contributed by atoms with Crippen LogP contribution in [0.1, 0.15) is 21.7 Å². The van der Waals surface area contributed by atoms with Gasteiger partial charge in [-0.25, -0.2) is 0 Å². The number of aromatic nitrogens is 2. The molecule has 1 amide bonds. The van der Waals surface area contributed by atoms with E-state index >= 15 is 0 Å². The molecule has 0 bridgehead atoms. The van der Waals surface area contributed by atoms with Crippen molar-refractivity contribution in [1.82, 2.24) is 15.5 Å². The molecule has 2 aromatic carbocycles. The first-order valence-corrected chi connectivity index (χ1v) is 9.85. The molecule has 2 N–H and O–H groups in total. The summed E-state index contributed by atoms with van der Waals surface area (Å²) in [6, 6.07) is 14.6. The van der Waals surface area contributed by atoms with Gasteiger partial charge in [-0.05, 0) is 31.2 Å². The lowest BCUT2D eigenvalue weighted by Gasteiger charge is -2.18. The van der Waals surface area contributed by atoms with Gasteiger partial charge in [-0.3, -0.25) is 9.59 Å². The molecule has 4 aromatic rings. The van der Waals surface area contributed by atoms with Crippen molar-refractivity contribution in [3.8, 4) is 22.8 Å². The molecule has 5 rings (SSSR count). The maximum absolute atomic E-state index is 12.7. The first-order chi connectivity index (χ1) is 15.1. The molecule has 156 valence electrons. The van der Waals surface area contributed by atoms with E-state index in [0.29, 0.717) is 47.4 Å². The highest BCUT2D eigenvalue weighted by atomic mass is 16.6. The third-order valence-electron chi connectivity index (χ3n) is 5.14. The summed E-state index contributed by atoms with van der Waals surface area (Å²) >= 11 is 0. The number of carbonyl (C=O) groups is 2. The molecule has 0 saturated carbocycles. The second-order valence-corrected chi connectivity index (χ2v) is 7.22. The molecule has 0 radical (unpaired) electrons. The zero-order chi connectivity index (χ0) is 21.4. The summed E-state index contributed by atoms with van der Waals surface area (Å²) in [7, 11) is 0. The van der Waals surface area contributed by atoms with Crippen molar-refractivity contribution < 1.29 is 23.6 Å². The number of nitrogens with one attached hydrogen (secondary N) is 2. The number of ketones is 1. The van der Waals surface area contributed by atoms with Crippen molar-refractivity contribution >= 4 is 22.6 Å². The van der Waals surface area contributed by atoms with Gasteiger partial charge in [-0.1, -0.05) is 23.4 Å². The Balaban J connectivity index is 1.28. The summed E-state index contributed by atoms with van der Waals surface area (Å²) in [6.45, 7) is 2.86. The second kappa shape index (κ2) is 7.64. The Bertz CT molecular complexity index is 1300. The lowest BCUT2D eigenvalue weighted by atomic mass is 10.1. The molecule has 0 atom stereocenters. The molecule has 0 fully saturated rings. The van der Waals surface area contributed by atoms with Gasteiger partial charge in [0.25, 0.3) is 11.7 Å². The minimum Gasteiger partial charge on any atom is -0.486 e. The highest BCUT2D eigenvalue weighted by molar-refractivity contribution is 6.45. The third-order valence-corrected chi connectivity index (χ3v) is 5.14. The highest BCUT2D eigenvalue weighted by Crippen LogP contribution is 2.34. The van der Waals surface area contributed by atoms with Crippen molar-refractivity contribution in [2.45, 2.75) is 13.5 Å². The van der Waals surface area contributed by atoms with E-state index in [-0.39, 0.29) is 6.54 Å². The molecule has 31 heavy (non-hydrogen) atoms. The molecule has 0 spiro atoms. The highest BCUT2D eigenvalue weighted by Gasteiger charge is 2.23. The first-order valence-electron chi connectivity index (χ1n) is 9.85. The second-order valence-electron chi connectivity index (χ2n) is 7.22. The quantitative estimate of drug-likeness (QED) is 0.381. The van der Waals surface area contributed by atoms with Crippen LogP contribution < -0.4 is 14.8 Å². The topological polar surface area (TPSA) is 106 Å². The molecular weight excluding hydrogens is 398 g/mol. The van der Waals surface area contributed by atoms with Gasteiger partial charge in [-0.15, -0.1) is 0 Å². The van der Waals surface area contributed by atoms with E-state index < -0.39 is 11.7 Å². The average molecular weight is 417 g/mol. The third kappa shape index (κ3) is 3.52. The molecule has 3 heterocycles. The summed E-state index contributed by atoms with van der Waals surface area (Å²) < 4.78 is 16.5. The van der Waals surface area contributed by atoms with Crippen LogP contribution in [0, 0.1) is 6.92 Å². The van der Waals surface area contributed by atoms with Crippen LogP contribution in [0.2, 0.25) is 0 Å². The predicted octanol–water partition coefficient (Wildman–Crippen LogP) is 3.40. The van der Waals surface area contributed by atoms with Crippen LogP contribution in [0.25, 0.3) is 22.2 Å². The van der Waals surface area contributed by atoms with Crippen LogP contribution in [0.5, 0.6) is 11.5 Å². The number of hydrogen-bond donors (Lipinski definition) is 2. The number of nitrogens with zero attached hydrogens (tertiary/aromatic N) is 1. The summed E-state index contributed by atoms with van der Waals surface area (Å²) in [5, 5.41) is 7.34. The molecule has 0 aliphatic carbocycles. The lowest BCUT2D eigenvalue weighted by Crippen LogP contribution is -2.31. The van der Waals surface area contributed by atoms with Crippen LogP contribution in [0.4, 0.5) is 0 Å². The van der Waals surface area contributed by atoms with Gasteiger partial charge < -0.3 is 24.3 Å². The van der Waals surface area contributed by atoms with Gasteiger partial charge >= 0.3 is 0 Å². The largest absolute Gasteiger partial charge is 0.486 e. The zero-order valence-electron chi connectivity index (χ0n) is 16.7. The van der Waals surface area contributed by atoms with Crippen molar-refractivity contribution in [3.05, 3.63) is 65.5 Å². The number of aromatic amines is 1. The van der Waals surface area contributed by atoms with Crippen molar-refractivity contribution in [3.63, 3.8) is 0 Å². The van der Waals surface area contributed by atoms with E-state index in [0.717, 1.165) is 16.5 Å². The Kier molecular flexibility index (Phi) is 4.66. The fraction of sp³-hybridized carbons (Fsp3) is 0.174. The molecule has 2 aromatic heterocycles. The Labute approximate surface area is 177 Å². The van der Waals surface area contributed by atoms with Crippen LogP contribution in [0.3, 0.4) is 0 Å². The van der Waals surface area contributed by atoms with Gasteiger partial charge in [0.05, 0.1) is 12.1 Å². The number of aryl methyl sites for hydroxylation is 1. The minimum absolute atomic E-state index is 0.0695. The van der Waals surface area contributed by atoms with E-state index in [9.17, 15) is 9.59 Å². The lowest BCUT2D eigenvalue weighted by molar-refractivity contribution is -0.117. The van der Waals surface area contributed by atoms with E-state index in [1.807, 2.05) is 42.5 Å². The number of fused-ring (bicyclic) bond motifs is 2. The smallest absolute Gasteiger partial charge is 0.292 e. The zero-order valence-corrected chi connectivity index (χ0v) is 16.7. The van der Waals surface area contributed by atoms with Gasteiger partial charge in [0, 0.05) is 28.2 Å². The molecule has 0 saturated heterocycles. The first kappa shape index (κ1) is 18.9. The maximum Gasteiger partial charge on any atom is 0.292 e. The number of para-hydroxylation sites is 1. The number of hydrogen-bond acceptors (Lipinski definition) is 6. The van der Waals surface area contributed by atoms with Crippen molar-refractivity contribution in [2.75, 3.05) is 13.2 Å². The molecule has 1 aliphatic rings. The van der Waals surface area contributed by atoms with Crippen molar-refractivity contribution in [1.29, 1.82) is 0 Å². The Morgan fingerprint density at radius 2 is 1.87 bits per heavy atom. The number of ether oxygens (including phenoxy) is 2. The van der Waals surface area contributed by atoms with Gasteiger partial charge in [0.2, 0.25) is 0 Å². The number of benzene rings is 2. The molecule has 0 unspecified atom stereocenters. The van der Waals surface area contributed by atoms with Crippen LogP contribution in [-0.2, 0) is 11.3 Å². The van der Waals surface area contributed by atoms with Gasteiger partial charge in [0.1, 0.15) is 18.9 Å². The van der Waals surface area contributed by atoms with Gasteiger partial charge in [-0.2, -0.15) is 0 Å². The predicted molar refractivity (Wildman–Crippen MR) is 112 cm³/mol. The van der Waals surface area contributed by atoms with Gasteiger partial charge in [0.15, 0.2) is 17.3 Å². The summed E-state index contributed by atoms with van der Waals surface area (Å²) in [5.74, 6) is 0.574. The summed E-state index contributed by atoms with van der Waals surface area (Å²) in [5.41, 5.74) is 3.13. The van der Waals surface area contributed by atoms with E-state index in [2.05, 4.69) is 15.5 Å². The number of Topliss-reactive ketones (excluding diaryl/α,β-unsaturated/α-hetero) is 1. The Hall–Kier alpha value is -4.07. The van der Waals surface area contributed by atoms with E-state index in [4.69, 9.17) is 14.0 Å². The monoisotopic (exact) mass is 417 g/mol. The minimum atomic E-state index is -0.697. The van der Waals surface area contributed by atoms with Crippen LogP contribution >= 0.6 is 0 Å². The van der Waals surface area contributed by atoms with Crippen LogP contribution in [0.15, 0.2) is 53.1 Å². The van der Waals surface area contributed by atoms with Crippen LogP contribution in [-0.4, -0.2) is 35.0 Å². The SMILES string of the molecule is Cc1[nH]c2ccccc2c1C(=O)C(=O)NCc1cc(-c2ccc3c(c2)OCCO3)on1. The van der Waals surface area contributed by atoms with E-state index in [1.165, 1.54) is 0 Å². The number of amides is 1. The van der Waals surface area contributed by atoms with Crippen molar-refractivity contribution in [2.24, 2.45) is 0 Å². The Morgan fingerprint density at radius 3 is 2.74 bits per heavy atom. The normalized spacial score (nSPS) is 12.7. The molecule has 8 nitrogen and oxygen atoms in total. The number of H-pyrrole nitrogens is 1. The molecule has 1 aliphatic heterocycles. The average Bonchev–Trinajstić information content (AvgIpc) is 3.40. The molecular formula is C23H19N3O5. The molecule has 8 heteroatoms. The summed E-state index contributed by atoms with van der Waals surface area (Å²) in [6.07, 6.45) is 0. The maximum atomic E-state index is 12.7. The standard InChI is InChI=1S/C23H19N3O5/c1-13-21(16-4-2-3-5-17(16)25-13)22(27)23(28)24-12-15-11-19(31-26-15)14-6-7-18-20(10-14)30-9-8-29-18/h2-7,10-11,25H,8-9,12H2,1H3,(H,24,28). The number of carbonyl (C=O) groups excluding carboxylic acids is 2. The van der Waals surface area contributed by atoms with E-state index in [1.54, 1.807) is 13.0 Å². The number of rotatable bonds is 5. The summed E-state index contributed by atoms with van der Waals surface area (Å²) in [4.78, 5) is 28.3. The fourth-order valence-electron chi connectivity index (χ4n) is 3.66. The Morgan fingerprint density at radius 1 is 1.06 bits per heavy atom.